The number of carbonyl (C=O) groups is 6. The van der Waals surface area contributed by atoms with Crippen LogP contribution in [0.5, 0.6) is 5.75 Å². The molecule has 2 unspecified atom stereocenters. The van der Waals surface area contributed by atoms with Crippen LogP contribution in [-0.4, -0.2) is 120 Å². The molecule has 366 valence electrons. The van der Waals surface area contributed by atoms with Crippen molar-refractivity contribution in [3.8, 4) is 18.1 Å². The van der Waals surface area contributed by atoms with E-state index in [1.807, 2.05) is 18.2 Å². The fraction of sp³-hybridized carbons (Fsp3) is 0.435. The normalized spacial score (nSPS) is 15.1. The predicted molar refractivity (Wildman–Crippen MR) is 260 cm³/mol. The summed E-state index contributed by atoms with van der Waals surface area (Å²) in [4.78, 5) is 83.7. The highest BCUT2D eigenvalue weighted by atomic mass is 35.5. The first-order valence-corrected chi connectivity index (χ1v) is 24.7. The summed E-state index contributed by atoms with van der Waals surface area (Å²) in [5.74, 6) is -1.22. The molecule has 0 aromatic heterocycles. The number of methoxy groups -OCH3 is 1. The number of anilines is 3. The number of carboxylic acid groups (broad SMARTS) is 1. The average Bonchev–Trinajstić information content (AvgIpc) is 3.55. The Labute approximate surface area is 405 Å². The molecule has 0 saturated heterocycles. The van der Waals surface area contributed by atoms with Crippen LogP contribution in [-0.2, 0) is 50.9 Å². The summed E-state index contributed by atoms with van der Waals surface area (Å²) in [7, 11) is -1.52. The zero-order valence-corrected chi connectivity index (χ0v) is 41.1. The largest absolute Gasteiger partial charge is 0.481 e. The second kappa shape index (κ2) is 28.3. The first kappa shape index (κ1) is 58.1. The van der Waals surface area contributed by atoms with E-state index >= 15 is 0 Å². The van der Waals surface area contributed by atoms with Crippen LogP contribution in [0, 0.1) is 18.2 Å². The number of para-hydroxylation sites is 1. The fourth-order valence-corrected chi connectivity index (χ4v) is 8.01. The smallest absolute Gasteiger partial charge is 0.320 e. The van der Waals surface area contributed by atoms with Crippen LogP contribution >= 0.6 is 42.2 Å². The lowest BCUT2D eigenvalue weighted by Crippen LogP contribution is -2.39. The first-order valence-electron chi connectivity index (χ1n) is 21.0. The van der Waals surface area contributed by atoms with Gasteiger partial charge in [-0.15, -0.1) is 31.2 Å². The van der Waals surface area contributed by atoms with E-state index in [0.29, 0.717) is 37.1 Å². The van der Waals surface area contributed by atoms with Gasteiger partial charge in [0.25, 0.3) is 23.6 Å². The monoisotopic (exact) mass is 1010 g/mol. The van der Waals surface area contributed by atoms with Crippen molar-refractivity contribution in [3.63, 3.8) is 0 Å². The Bertz CT molecular complexity index is 2200. The van der Waals surface area contributed by atoms with Crippen LogP contribution in [0.4, 0.5) is 21.5 Å². The summed E-state index contributed by atoms with van der Waals surface area (Å²) in [5.41, 5.74) is 9.32. The van der Waals surface area contributed by atoms with Gasteiger partial charge in [-0.2, -0.15) is 0 Å². The van der Waals surface area contributed by atoms with Crippen LogP contribution in [0.25, 0.3) is 0 Å². The van der Waals surface area contributed by atoms with Gasteiger partial charge in [0.2, 0.25) is 5.91 Å². The quantitative estimate of drug-likeness (QED) is 0.0382. The first-order chi connectivity index (χ1) is 31.7. The number of aliphatic carboxylic acids is 1. The van der Waals surface area contributed by atoms with Crippen molar-refractivity contribution in [1.29, 1.82) is 0 Å². The van der Waals surface area contributed by atoms with Gasteiger partial charge in [-0.05, 0) is 62.1 Å². The number of nitrogens with two attached hydrogens (primary N) is 1. The Balaban J connectivity index is 0.000000329. The number of carboxylic acids is 1. The highest BCUT2D eigenvalue weighted by Crippen LogP contribution is 2.42. The molecular formula is C46H58Cl3FN5O11P. The van der Waals surface area contributed by atoms with Crippen molar-refractivity contribution in [3.05, 3.63) is 83.7 Å². The molecule has 4 N–H and O–H groups in total. The standard InChI is InChI=1S/C19H15FN2O4.C14H20ClNO2.C8H11Cl2NO.C5H12NO4P/c1-2-7-21-15-9-14(13(20)8-16(15)26-10-17(21)23)22-18(24)11-5-3-4-6-12(11)19(22)25;1-4-11-7-6-8-12(5-2)14(11)16(10-18-3)13(17)9-15;1-3-5-11(6-4-2)8(12)7(9)10;1-11(9,10)3-2-4(6)5(7)8/h1,8-9H,3-7,10H2;6-8H,4-5,9-10H2,1-3H3;3-4,7H,1-2,5-6H2;4H,2-3,6H2,1H3,(H,7,8)(H,9,10). The third kappa shape index (κ3) is 16.6. The van der Waals surface area contributed by atoms with Crippen LogP contribution in [0.2, 0.25) is 0 Å². The third-order valence-electron chi connectivity index (χ3n) is 10.1. The molecule has 2 heterocycles. The number of ether oxygens (including phenoxy) is 2. The molecule has 0 saturated carbocycles. The summed E-state index contributed by atoms with van der Waals surface area (Å²) in [6.45, 7) is 13.2. The Hall–Kier alpha value is -5.05. The number of rotatable bonds is 17. The molecule has 3 aliphatic rings. The number of fused-ring (bicyclic) bond motifs is 1. The molecule has 5 amide bonds. The van der Waals surface area contributed by atoms with Crippen LogP contribution in [0.15, 0.2) is 66.8 Å². The Morgan fingerprint density at radius 3 is 2.03 bits per heavy atom. The van der Waals surface area contributed by atoms with E-state index < -0.39 is 41.8 Å². The van der Waals surface area contributed by atoms with Gasteiger partial charge in [0.15, 0.2) is 24.6 Å². The van der Waals surface area contributed by atoms with Crippen molar-refractivity contribution in [1.82, 2.24) is 4.90 Å². The lowest BCUT2D eigenvalue weighted by Gasteiger charge is -2.29. The van der Waals surface area contributed by atoms with Gasteiger partial charge in [-0.1, -0.05) is 73.3 Å². The van der Waals surface area contributed by atoms with Crippen molar-refractivity contribution in [2.45, 2.75) is 69.7 Å². The molecule has 2 aromatic carbocycles. The molecule has 5 rings (SSSR count). The number of aryl methyl sites for hydroxylation is 2. The Kier molecular flexibility index (Phi) is 24.5. The van der Waals surface area contributed by atoms with Crippen molar-refractivity contribution in [2.24, 2.45) is 5.73 Å². The van der Waals surface area contributed by atoms with Gasteiger partial charge in [0, 0.05) is 50.2 Å². The molecule has 0 radical (unpaired) electrons. The maximum atomic E-state index is 14.7. The zero-order valence-electron chi connectivity index (χ0n) is 38.0. The molecule has 0 bridgehead atoms. The second-order valence-corrected chi connectivity index (χ2v) is 18.9. The maximum absolute atomic E-state index is 14.7. The van der Waals surface area contributed by atoms with Gasteiger partial charge in [0.1, 0.15) is 24.4 Å². The molecule has 21 heteroatoms. The molecule has 0 spiro atoms. The van der Waals surface area contributed by atoms with E-state index in [4.69, 9.17) is 66.4 Å². The van der Waals surface area contributed by atoms with Crippen molar-refractivity contribution < 1.29 is 57.2 Å². The Morgan fingerprint density at radius 2 is 1.60 bits per heavy atom. The lowest BCUT2D eigenvalue weighted by atomic mass is 9.93. The number of carbonyl (C=O) groups excluding carboxylic acids is 5. The molecule has 2 aliphatic heterocycles. The molecule has 2 atom stereocenters. The van der Waals surface area contributed by atoms with E-state index in [9.17, 15) is 37.7 Å². The number of nitrogens with zero attached hydrogens (tertiary/aromatic N) is 4. The van der Waals surface area contributed by atoms with Gasteiger partial charge in [0.05, 0.1) is 23.6 Å². The summed E-state index contributed by atoms with van der Waals surface area (Å²) < 4.78 is 35.7. The Morgan fingerprint density at radius 1 is 1.04 bits per heavy atom. The molecule has 2 aromatic rings. The molecule has 1 aliphatic carbocycles. The summed E-state index contributed by atoms with van der Waals surface area (Å²) in [6, 6.07) is 7.44. The van der Waals surface area contributed by atoms with Gasteiger partial charge >= 0.3 is 5.97 Å². The fourth-order valence-electron chi connectivity index (χ4n) is 6.84. The second-order valence-electron chi connectivity index (χ2n) is 15.0. The number of amides is 5. The van der Waals surface area contributed by atoms with Crippen molar-refractivity contribution >= 4 is 94.7 Å². The number of hydrogen-bond donors (Lipinski definition) is 3. The van der Waals surface area contributed by atoms with Gasteiger partial charge in [-0.3, -0.25) is 43.1 Å². The molecule has 0 fully saturated rings. The lowest BCUT2D eigenvalue weighted by molar-refractivity contribution is -0.138. The van der Waals surface area contributed by atoms with Crippen LogP contribution in [0.3, 0.4) is 0 Å². The highest BCUT2D eigenvalue weighted by molar-refractivity contribution is 7.57. The molecular weight excluding hydrogens is 955 g/mol. The minimum atomic E-state index is -3.10. The SMILES string of the molecule is C#CCN1C(=O)COc2cc(F)c(N3C(=O)C4=C(CCCC4)C3=O)cc21.C=CCN(CC=C)C(=O)C(Cl)Cl.CCc1cccc(CC)c1N(COC)C(=O)CCl.CP(=O)(O)CCC(N)C(=O)O. The molecule has 16 nitrogen and oxygen atoms in total. The summed E-state index contributed by atoms with van der Waals surface area (Å²) in [5, 5.41) is 8.28. The number of benzene rings is 2. The predicted octanol–water partition coefficient (Wildman–Crippen LogP) is 6.59. The summed E-state index contributed by atoms with van der Waals surface area (Å²) in [6.07, 6.45) is 13.0. The van der Waals surface area contributed by atoms with E-state index in [1.165, 1.54) is 22.5 Å². The molecule has 67 heavy (non-hydrogen) atoms. The number of alkyl halides is 3. The minimum absolute atomic E-state index is 0.0170. The minimum Gasteiger partial charge on any atom is -0.481 e. The third-order valence-corrected chi connectivity index (χ3v) is 11.8. The maximum Gasteiger partial charge on any atom is 0.320 e. The summed E-state index contributed by atoms with van der Waals surface area (Å²) >= 11 is 16.5. The van der Waals surface area contributed by atoms with E-state index in [2.05, 4.69) is 32.9 Å². The van der Waals surface area contributed by atoms with E-state index in [-0.39, 0.29) is 73.2 Å². The highest BCUT2D eigenvalue weighted by Gasteiger charge is 2.42. The number of halogens is 4. The zero-order chi connectivity index (χ0) is 50.6. The average molecular weight is 1010 g/mol. The number of terminal acetylenes is 1. The number of imide groups is 1. The van der Waals surface area contributed by atoms with Crippen molar-refractivity contribution in [2.75, 3.05) is 73.5 Å². The van der Waals surface area contributed by atoms with Crippen LogP contribution < -0.4 is 25.2 Å². The topological polar surface area (TPSA) is 217 Å². The van der Waals surface area contributed by atoms with E-state index in [0.717, 1.165) is 53.5 Å². The number of hydrogen-bond acceptors (Lipinski definition) is 10. The van der Waals surface area contributed by atoms with Gasteiger partial charge in [-0.25, -0.2) is 9.29 Å². The van der Waals surface area contributed by atoms with Gasteiger partial charge < -0.3 is 30.1 Å². The van der Waals surface area contributed by atoms with Crippen LogP contribution in [0.1, 0.15) is 57.1 Å². The van der Waals surface area contributed by atoms with E-state index in [1.54, 1.807) is 24.2 Å².